The number of para-hydroxylation sites is 1. The lowest BCUT2D eigenvalue weighted by Crippen LogP contribution is -2.15. The van der Waals surface area contributed by atoms with Crippen LogP contribution in [0.25, 0.3) is 0 Å². The third-order valence-corrected chi connectivity index (χ3v) is 1.58. The highest BCUT2D eigenvalue weighted by atomic mass is 16.6. The van der Waals surface area contributed by atoms with Crippen LogP contribution in [0.4, 0.5) is 0 Å². The molecule has 0 unspecified atom stereocenters. The van der Waals surface area contributed by atoms with Gasteiger partial charge in [0.25, 0.3) is 0 Å². The molecule has 1 aromatic carbocycles. The number of hydroxylamine groups is 1. The minimum Gasteiger partial charge on any atom is -0.494 e. The molecule has 0 bridgehead atoms. The second-order valence-corrected chi connectivity index (χ2v) is 2.61. The van der Waals surface area contributed by atoms with E-state index in [1.807, 2.05) is 30.3 Å². The molecule has 3 heteroatoms. The molecule has 1 aromatic rings. The fourth-order valence-electron chi connectivity index (χ4n) is 0.953. The number of benzene rings is 1. The minimum absolute atomic E-state index is 0.709. The van der Waals surface area contributed by atoms with E-state index < -0.39 is 0 Å². The molecular formula is C10H15NO2. The summed E-state index contributed by atoms with van der Waals surface area (Å²) in [4.78, 5) is 4.69. The van der Waals surface area contributed by atoms with Crippen LogP contribution in [0.5, 0.6) is 5.75 Å². The van der Waals surface area contributed by atoms with Gasteiger partial charge in [-0.05, 0) is 18.6 Å². The van der Waals surface area contributed by atoms with Gasteiger partial charge in [-0.15, -0.1) is 0 Å². The molecule has 3 nitrogen and oxygen atoms in total. The molecule has 0 amide bonds. The van der Waals surface area contributed by atoms with Gasteiger partial charge in [-0.25, -0.2) is 5.48 Å². The van der Waals surface area contributed by atoms with Crippen molar-refractivity contribution >= 4 is 0 Å². The van der Waals surface area contributed by atoms with Crippen molar-refractivity contribution in [3.63, 3.8) is 0 Å². The van der Waals surface area contributed by atoms with Crippen LogP contribution in [0, 0.1) is 0 Å². The fraction of sp³-hybridized carbons (Fsp3) is 0.400. The first-order chi connectivity index (χ1) is 6.43. The standard InChI is InChI=1S/C10H15NO2/c1-12-11-8-5-9-13-10-6-3-2-4-7-10/h2-4,6-7,11H,5,8-9H2,1H3. The quantitative estimate of drug-likeness (QED) is 0.534. The fourth-order valence-corrected chi connectivity index (χ4v) is 0.953. The Morgan fingerprint density at radius 1 is 1.23 bits per heavy atom. The largest absolute Gasteiger partial charge is 0.494 e. The number of ether oxygens (including phenoxy) is 1. The third kappa shape index (κ3) is 4.50. The van der Waals surface area contributed by atoms with Crippen LogP contribution >= 0.6 is 0 Å². The van der Waals surface area contributed by atoms with E-state index in [9.17, 15) is 0 Å². The Morgan fingerprint density at radius 3 is 2.69 bits per heavy atom. The Labute approximate surface area is 78.6 Å². The van der Waals surface area contributed by atoms with Gasteiger partial charge in [0.05, 0.1) is 13.7 Å². The molecule has 0 fully saturated rings. The second kappa shape index (κ2) is 6.46. The molecule has 0 aliphatic rings. The minimum atomic E-state index is 0.709. The lowest BCUT2D eigenvalue weighted by atomic mass is 10.3. The first-order valence-corrected chi connectivity index (χ1v) is 4.37. The zero-order valence-corrected chi connectivity index (χ0v) is 7.82. The zero-order valence-electron chi connectivity index (χ0n) is 7.82. The summed E-state index contributed by atoms with van der Waals surface area (Å²) in [5.74, 6) is 0.917. The van der Waals surface area contributed by atoms with Gasteiger partial charge in [0, 0.05) is 6.54 Å². The molecule has 0 aromatic heterocycles. The van der Waals surface area contributed by atoms with Crippen molar-refractivity contribution in [3.8, 4) is 5.75 Å². The van der Waals surface area contributed by atoms with Crippen molar-refractivity contribution in [3.05, 3.63) is 30.3 Å². The molecule has 1 rings (SSSR count). The summed E-state index contributed by atoms with van der Waals surface area (Å²) in [6.07, 6.45) is 0.933. The molecule has 0 saturated heterocycles. The van der Waals surface area contributed by atoms with Crippen LogP contribution in [0.1, 0.15) is 6.42 Å². The molecule has 1 N–H and O–H groups in total. The van der Waals surface area contributed by atoms with Gasteiger partial charge >= 0.3 is 0 Å². The molecule has 0 atom stereocenters. The molecule has 0 aliphatic heterocycles. The highest BCUT2D eigenvalue weighted by Gasteiger charge is 1.90. The SMILES string of the molecule is CONCCCOc1ccccc1. The average Bonchev–Trinajstić information content (AvgIpc) is 2.19. The molecule has 72 valence electrons. The summed E-state index contributed by atoms with van der Waals surface area (Å²) in [6, 6.07) is 9.79. The highest BCUT2D eigenvalue weighted by Crippen LogP contribution is 2.07. The van der Waals surface area contributed by atoms with Crippen LogP contribution in [0.3, 0.4) is 0 Å². The maximum absolute atomic E-state index is 5.46. The maximum atomic E-state index is 5.46. The summed E-state index contributed by atoms with van der Waals surface area (Å²) in [5.41, 5.74) is 2.75. The lowest BCUT2D eigenvalue weighted by molar-refractivity contribution is 0.0875. The van der Waals surface area contributed by atoms with Crippen molar-refractivity contribution in [2.24, 2.45) is 0 Å². The van der Waals surface area contributed by atoms with E-state index in [1.54, 1.807) is 7.11 Å². The summed E-state index contributed by atoms with van der Waals surface area (Å²) in [6.45, 7) is 1.52. The number of hydrogen-bond donors (Lipinski definition) is 1. The van der Waals surface area contributed by atoms with Gasteiger partial charge in [0.1, 0.15) is 5.75 Å². The molecule has 0 heterocycles. The van der Waals surface area contributed by atoms with Crippen molar-refractivity contribution < 1.29 is 9.57 Å². The number of hydrogen-bond acceptors (Lipinski definition) is 3. The molecule has 13 heavy (non-hydrogen) atoms. The normalized spacial score (nSPS) is 9.92. The van der Waals surface area contributed by atoms with E-state index in [0.29, 0.717) is 6.61 Å². The maximum Gasteiger partial charge on any atom is 0.119 e. The molecule has 0 saturated carbocycles. The van der Waals surface area contributed by atoms with Gasteiger partial charge in [0.15, 0.2) is 0 Å². The first kappa shape index (κ1) is 10.0. The molecule has 0 aliphatic carbocycles. The van der Waals surface area contributed by atoms with E-state index in [0.717, 1.165) is 18.7 Å². The van der Waals surface area contributed by atoms with Crippen molar-refractivity contribution in [2.45, 2.75) is 6.42 Å². The van der Waals surface area contributed by atoms with E-state index in [2.05, 4.69) is 10.3 Å². The third-order valence-electron chi connectivity index (χ3n) is 1.58. The second-order valence-electron chi connectivity index (χ2n) is 2.61. The lowest BCUT2D eigenvalue weighted by Gasteiger charge is -2.05. The van der Waals surface area contributed by atoms with Gasteiger partial charge in [-0.3, -0.25) is 0 Å². The van der Waals surface area contributed by atoms with E-state index in [1.165, 1.54) is 0 Å². The average molecular weight is 181 g/mol. The number of rotatable bonds is 6. The summed E-state index contributed by atoms with van der Waals surface area (Å²) < 4.78 is 5.46. The van der Waals surface area contributed by atoms with Crippen LogP contribution in [-0.4, -0.2) is 20.3 Å². The number of nitrogens with one attached hydrogen (secondary N) is 1. The van der Waals surface area contributed by atoms with Crippen LogP contribution in [0.2, 0.25) is 0 Å². The monoisotopic (exact) mass is 181 g/mol. The topological polar surface area (TPSA) is 30.5 Å². The van der Waals surface area contributed by atoms with Crippen LogP contribution in [0.15, 0.2) is 30.3 Å². The van der Waals surface area contributed by atoms with Crippen molar-refractivity contribution in [2.75, 3.05) is 20.3 Å². The van der Waals surface area contributed by atoms with Crippen LogP contribution in [-0.2, 0) is 4.84 Å². The first-order valence-electron chi connectivity index (χ1n) is 4.37. The van der Waals surface area contributed by atoms with Gasteiger partial charge < -0.3 is 9.57 Å². The van der Waals surface area contributed by atoms with Crippen molar-refractivity contribution in [1.82, 2.24) is 5.48 Å². The predicted octanol–water partition coefficient (Wildman–Crippen LogP) is 1.61. The summed E-state index contributed by atoms with van der Waals surface area (Å²) >= 11 is 0. The molecular weight excluding hydrogens is 166 g/mol. The Bertz CT molecular complexity index is 213. The Hall–Kier alpha value is -1.06. The Balaban J connectivity index is 2.07. The summed E-state index contributed by atoms with van der Waals surface area (Å²) in [7, 11) is 1.61. The van der Waals surface area contributed by atoms with E-state index >= 15 is 0 Å². The predicted molar refractivity (Wildman–Crippen MR) is 51.6 cm³/mol. The van der Waals surface area contributed by atoms with Crippen molar-refractivity contribution in [1.29, 1.82) is 0 Å². The highest BCUT2D eigenvalue weighted by molar-refractivity contribution is 5.20. The van der Waals surface area contributed by atoms with Crippen LogP contribution < -0.4 is 10.2 Å². The van der Waals surface area contributed by atoms with Gasteiger partial charge in [-0.2, -0.15) is 0 Å². The smallest absolute Gasteiger partial charge is 0.119 e. The van der Waals surface area contributed by atoms with E-state index in [-0.39, 0.29) is 0 Å². The molecule has 0 spiro atoms. The zero-order chi connectivity index (χ0) is 9.36. The Morgan fingerprint density at radius 2 is 2.00 bits per heavy atom. The van der Waals surface area contributed by atoms with Gasteiger partial charge in [-0.1, -0.05) is 18.2 Å². The molecule has 0 radical (unpaired) electrons. The summed E-state index contributed by atoms with van der Waals surface area (Å²) in [5, 5.41) is 0. The van der Waals surface area contributed by atoms with Gasteiger partial charge in [0.2, 0.25) is 0 Å². The Kier molecular flexibility index (Phi) is 4.98. The van der Waals surface area contributed by atoms with E-state index in [4.69, 9.17) is 4.74 Å².